The van der Waals surface area contributed by atoms with Crippen molar-refractivity contribution < 1.29 is 29.2 Å². The van der Waals surface area contributed by atoms with E-state index in [1.54, 1.807) is 12.1 Å². The summed E-state index contributed by atoms with van der Waals surface area (Å²) >= 11 is 0. The summed E-state index contributed by atoms with van der Waals surface area (Å²) in [6.45, 7) is 2.04. The molecule has 0 atom stereocenters. The van der Waals surface area contributed by atoms with E-state index in [-0.39, 0.29) is 19.2 Å². The second-order valence-corrected chi connectivity index (χ2v) is 5.10. The zero-order valence-corrected chi connectivity index (χ0v) is 14.8. The molecule has 0 aliphatic heterocycles. The summed E-state index contributed by atoms with van der Waals surface area (Å²) in [5.41, 5.74) is 1.57. The molecule has 0 aromatic heterocycles. The lowest BCUT2D eigenvalue weighted by Crippen LogP contribution is -2.09. The van der Waals surface area contributed by atoms with Gasteiger partial charge in [0.15, 0.2) is 0 Å². The van der Waals surface area contributed by atoms with Crippen LogP contribution >= 0.6 is 0 Å². The van der Waals surface area contributed by atoms with Crippen LogP contribution in [0.3, 0.4) is 0 Å². The lowest BCUT2D eigenvalue weighted by molar-refractivity contribution is 0.0222. The number of ether oxygens (including phenoxy) is 3. The van der Waals surface area contributed by atoms with Crippen molar-refractivity contribution in [1.29, 1.82) is 0 Å². The molecule has 6 nitrogen and oxygen atoms in total. The lowest BCUT2D eigenvalue weighted by Gasteiger charge is -2.04. The first-order valence-electron chi connectivity index (χ1n) is 8.41. The molecule has 26 heavy (non-hydrogen) atoms. The van der Waals surface area contributed by atoms with Crippen molar-refractivity contribution in [2.75, 3.05) is 39.6 Å². The standard InChI is InChI=1S/C14H12O2.C6H14O4/c15-14(13-9-5-2-6-10-13)16-11-12-7-3-1-4-8-12;7-1-3-9-5-6-10-4-2-8/h1-10H,11H2;7-8H,1-6H2. The molecule has 0 saturated heterocycles. The monoisotopic (exact) mass is 362 g/mol. The molecule has 0 amide bonds. The van der Waals surface area contributed by atoms with E-state index in [1.807, 2.05) is 48.5 Å². The predicted molar refractivity (Wildman–Crippen MR) is 97.8 cm³/mol. The summed E-state index contributed by atoms with van der Waals surface area (Å²) in [7, 11) is 0. The number of esters is 1. The van der Waals surface area contributed by atoms with Gasteiger partial charge in [-0.3, -0.25) is 0 Å². The average Bonchev–Trinajstić information content (AvgIpc) is 2.71. The molecule has 0 bridgehead atoms. The van der Waals surface area contributed by atoms with Gasteiger partial charge in [0.1, 0.15) is 6.61 Å². The molecular weight excluding hydrogens is 336 g/mol. The van der Waals surface area contributed by atoms with Crippen molar-refractivity contribution in [2.45, 2.75) is 6.61 Å². The van der Waals surface area contributed by atoms with E-state index >= 15 is 0 Å². The second-order valence-electron chi connectivity index (χ2n) is 5.10. The minimum atomic E-state index is -0.288. The number of carbonyl (C=O) groups is 1. The topological polar surface area (TPSA) is 85.2 Å². The molecule has 2 rings (SSSR count). The van der Waals surface area contributed by atoms with Crippen molar-refractivity contribution >= 4 is 5.97 Å². The van der Waals surface area contributed by atoms with Crippen LogP contribution in [0.5, 0.6) is 0 Å². The molecule has 6 heteroatoms. The van der Waals surface area contributed by atoms with Gasteiger partial charge in [0.05, 0.1) is 45.2 Å². The normalized spacial score (nSPS) is 9.92. The van der Waals surface area contributed by atoms with Gasteiger partial charge < -0.3 is 24.4 Å². The quantitative estimate of drug-likeness (QED) is 0.497. The summed E-state index contributed by atoms with van der Waals surface area (Å²) in [6.07, 6.45) is 0. The number of hydrogen-bond acceptors (Lipinski definition) is 6. The fourth-order valence-corrected chi connectivity index (χ4v) is 1.83. The molecule has 0 fully saturated rings. The number of hydrogen-bond donors (Lipinski definition) is 2. The lowest BCUT2D eigenvalue weighted by atomic mass is 10.2. The summed E-state index contributed by atoms with van der Waals surface area (Å²) in [5, 5.41) is 16.5. The predicted octanol–water partition coefficient (Wildman–Crippen LogP) is 2.05. The Balaban J connectivity index is 0.000000294. The number of rotatable bonds is 10. The smallest absolute Gasteiger partial charge is 0.338 e. The average molecular weight is 362 g/mol. The van der Waals surface area contributed by atoms with Gasteiger partial charge in [-0.15, -0.1) is 0 Å². The second kappa shape index (κ2) is 15.0. The molecule has 0 aliphatic carbocycles. The molecule has 0 radical (unpaired) electrons. The summed E-state index contributed by atoms with van der Waals surface area (Å²) in [6, 6.07) is 18.6. The Bertz CT molecular complexity index is 565. The van der Waals surface area contributed by atoms with Gasteiger partial charge in [0.25, 0.3) is 0 Å². The number of benzene rings is 2. The van der Waals surface area contributed by atoms with Gasteiger partial charge in [-0.2, -0.15) is 0 Å². The maximum absolute atomic E-state index is 11.6. The van der Waals surface area contributed by atoms with Gasteiger partial charge in [0, 0.05) is 0 Å². The SMILES string of the molecule is O=C(OCc1ccccc1)c1ccccc1.OCCOCCOCCO. The highest BCUT2D eigenvalue weighted by atomic mass is 16.5. The van der Waals surface area contributed by atoms with Crippen molar-refractivity contribution in [3.8, 4) is 0 Å². The van der Waals surface area contributed by atoms with Crippen LogP contribution in [0.1, 0.15) is 15.9 Å². The molecule has 142 valence electrons. The van der Waals surface area contributed by atoms with E-state index in [0.717, 1.165) is 5.56 Å². The van der Waals surface area contributed by atoms with Crippen LogP contribution in [-0.4, -0.2) is 55.8 Å². The van der Waals surface area contributed by atoms with E-state index < -0.39 is 0 Å². The molecular formula is C20H26O6. The molecule has 2 aromatic carbocycles. The third kappa shape index (κ3) is 10.6. The van der Waals surface area contributed by atoms with Crippen LogP contribution in [0.25, 0.3) is 0 Å². The van der Waals surface area contributed by atoms with Crippen LogP contribution in [0, 0.1) is 0 Å². The first-order valence-corrected chi connectivity index (χ1v) is 8.41. The minimum Gasteiger partial charge on any atom is -0.457 e. The van der Waals surface area contributed by atoms with Gasteiger partial charge in [-0.1, -0.05) is 48.5 Å². The van der Waals surface area contributed by atoms with Crippen LogP contribution in [-0.2, 0) is 20.8 Å². The summed E-state index contributed by atoms with van der Waals surface area (Å²) in [4.78, 5) is 11.6. The highest BCUT2D eigenvalue weighted by Gasteiger charge is 2.05. The van der Waals surface area contributed by atoms with Gasteiger partial charge in [-0.25, -0.2) is 4.79 Å². The van der Waals surface area contributed by atoms with Crippen LogP contribution in [0.2, 0.25) is 0 Å². The van der Waals surface area contributed by atoms with Crippen molar-refractivity contribution in [1.82, 2.24) is 0 Å². The maximum Gasteiger partial charge on any atom is 0.338 e. The first kappa shape index (κ1) is 21.8. The molecule has 0 aliphatic rings. The first-order chi connectivity index (χ1) is 12.8. The Morgan fingerprint density at radius 3 is 1.73 bits per heavy atom. The number of carbonyl (C=O) groups excluding carboxylic acids is 1. The van der Waals surface area contributed by atoms with Crippen LogP contribution < -0.4 is 0 Å². The number of aliphatic hydroxyl groups is 2. The van der Waals surface area contributed by atoms with Crippen molar-refractivity contribution in [3.05, 3.63) is 71.8 Å². The Morgan fingerprint density at radius 1 is 0.731 bits per heavy atom. The van der Waals surface area contributed by atoms with Gasteiger partial charge in [-0.05, 0) is 17.7 Å². The van der Waals surface area contributed by atoms with E-state index in [4.69, 9.17) is 24.4 Å². The third-order valence-corrected chi connectivity index (χ3v) is 3.07. The Labute approximate surface area is 154 Å². The maximum atomic E-state index is 11.6. The Kier molecular flexibility index (Phi) is 12.6. The Hall–Kier alpha value is -2.25. The molecule has 0 saturated carbocycles. The fourth-order valence-electron chi connectivity index (χ4n) is 1.83. The van der Waals surface area contributed by atoms with Crippen LogP contribution in [0.15, 0.2) is 60.7 Å². The van der Waals surface area contributed by atoms with E-state index in [9.17, 15) is 4.79 Å². The molecule has 2 aromatic rings. The molecule has 2 N–H and O–H groups in total. The van der Waals surface area contributed by atoms with Crippen molar-refractivity contribution in [3.63, 3.8) is 0 Å². The molecule has 0 spiro atoms. The molecule has 0 unspecified atom stereocenters. The Morgan fingerprint density at radius 2 is 1.23 bits per heavy atom. The molecule has 0 heterocycles. The van der Waals surface area contributed by atoms with E-state index in [2.05, 4.69) is 0 Å². The van der Waals surface area contributed by atoms with Crippen LogP contribution in [0.4, 0.5) is 0 Å². The van der Waals surface area contributed by atoms with Gasteiger partial charge in [0.2, 0.25) is 0 Å². The van der Waals surface area contributed by atoms with Gasteiger partial charge >= 0.3 is 5.97 Å². The van der Waals surface area contributed by atoms with E-state index in [0.29, 0.717) is 38.6 Å². The van der Waals surface area contributed by atoms with Crippen molar-refractivity contribution in [2.24, 2.45) is 0 Å². The summed E-state index contributed by atoms with van der Waals surface area (Å²) < 4.78 is 14.9. The fraction of sp³-hybridized carbons (Fsp3) is 0.350. The summed E-state index contributed by atoms with van der Waals surface area (Å²) in [5.74, 6) is -0.288. The highest BCUT2D eigenvalue weighted by molar-refractivity contribution is 5.89. The largest absolute Gasteiger partial charge is 0.457 e. The third-order valence-electron chi connectivity index (χ3n) is 3.07. The zero-order valence-electron chi connectivity index (χ0n) is 14.8. The highest BCUT2D eigenvalue weighted by Crippen LogP contribution is 2.05. The minimum absolute atomic E-state index is 0.0417. The van der Waals surface area contributed by atoms with E-state index in [1.165, 1.54) is 0 Å². The zero-order chi connectivity index (χ0) is 18.9. The number of aliphatic hydroxyl groups excluding tert-OH is 2.